The van der Waals surface area contributed by atoms with Crippen LogP contribution in [-0.4, -0.2) is 46.2 Å². The monoisotopic (exact) mass is 420 g/mol. The normalized spacial score (nSPS) is 18.9. The molecule has 1 saturated heterocycles. The Morgan fingerprint density at radius 2 is 2.06 bits per heavy atom. The van der Waals surface area contributed by atoms with E-state index in [4.69, 9.17) is 5.10 Å². The summed E-state index contributed by atoms with van der Waals surface area (Å²) in [5, 5.41) is 7.85. The van der Waals surface area contributed by atoms with E-state index in [2.05, 4.69) is 36.3 Å². The average Bonchev–Trinajstić information content (AvgIpc) is 3.13. The molecule has 6 heteroatoms. The number of amides is 1. The number of benzene rings is 1. The topological polar surface area (TPSA) is 63.7 Å². The lowest BCUT2D eigenvalue weighted by atomic mass is 10.0. The molecule has 6 nitrogen and oxygen atoms in total. The third-order valence-electron chi connectivity index (χ3n) is 6.60. The molecule has 3 heterocycles. The molecule has 1 aliphatic heterocycles. The maximum absolute atomic E-state index is 12.9. The van der Waals surface area contributed by atoms with Gasteiger partial charge in [-0.25, -0.2) is 9.50 Å². The molecule has 164 valence electrons. The fraction of sp³-hybridized carbons (Fsp3) is 0.480. The molecule has 1 aliphatic rings. The minimum atomic E-state index is -0.0534. The Morgan fingerprint density at radius 3 is 2.81 bits per heavy atom. The number of quaternary nitrogens is 1. The Morgan fingerprint density at radius 1 is 1.26 bits per heavy atom. The number of hydrogen-bond acceptors (Lipinski definition) is 3. The van der Waals surface area contributed by atoms with E-state index in [1.165, 1.54) is 25.8 Å². The van der Waals surface area contributed by atoms with Crippen LogP contribution >= 0.6 is 0 Å². The molecular weight excluding hydrogens is 386 g/mol. The van der Waals surface area contributed by atoms with Gasteiger partial charge in [0.15, 0.2) is 5.65 Å². The molecule has 2 atom stereocenters. The van der Waals surface area contributed by atoms with Gasteiger partial charge in [-0.1, -0.05) is 37.3 Å². The van der Waals surface area contributed by atoms with Crippen LogP contribution in [0.3, 0.4) is 0 Å². The molecule has 1 aromatic carbocycles. The van der Waals surface area contributed by atoms with Gasteiger partial charge in [0.05, 0.1) is 36.1 Å². The highest BCUT2D eigenvalue weighted by Crippen LogP contribution is 2.28. The van der Waals surface area contributed by atoms with E-state index < -0.39 is 0 Å². The van der Waals surface area contributed by atoms with Gasteiger partial charge in [-0.2, -0.15) is 5.10 Å². The zero-order chi connectivity index (χ0) is 21.8. The van der Waals surface area contributed by atoms with Crippen LogP contribution in [0.2, 0.25) is 0 Å². The first-order chi connectivity index (χ1) is 15.1. The van der Waals surface area contributed by atoms with E-state index in [0.717, 1.165) is 47.2 Å². The molecular formula is C25H34N5O+. The summed E-state index contributed by atoms with van der Waals surface area (Å²) in [6.07, 6.45) is 7.44. The van der Waals surface area contributed by atoms with Crippen molar-refractivity contribution in [3.8, 4) is 11.1 Å². The van der Waals surface area contributed by atoms with Gasteiger partial charge in [-0.05, 0) is 45.1 Å². The Labute approximate surface area is 184 Å². The first-order valence-corrected chi connectivity index (χ1v) is 11.7. The Hall–Kier alpha value is -2.73. The van der Waals surface area contributed by atoms with E-state index in [0.29, 0.717) is 18.5 Å². The number of piperidine rings is 1. The second kappa shape index (κ2) is 9.60. The standard InChI is InChI=1S/C25H33N5O/c1-4-22-21(25(31)26-14-10-16-29-15-9-8-11-18(29)2)17-27-24-23(19(3)28-30(22)24)20-12-6-5-7-13-20/h5-7,12-13,17-18H,4,8-11,14-16H2,1-3H3,(H,26,31)/p+1/t18-/m1/s1. The SMILES string of the molecule is CCc1c(C(=O)NCCC[NH+]2CCCC[C@H]2C)cnc2c(-c3ccccc3)c(C)nn12. The Balaban J connectivity index is 1.49. The van der Waals surface area contributed by atoms with Crippen molar-refractivity contribution in [2.45, 2.75) is 58.9 Å². The Bertz CT molecular complexity index is 1040. The number of likely N-dealkylation sites (tertiary alicyclic amines) is 1. The van der Waals surface area contributed by atoms with E-state index in [1.807, 2.05) is 29.6 Å². The highest BCUT2D eigenvalue weighted by atomic mass is 16.1. The molecule has 3 aromatic rings. The smallest absolute Gasteiger partial charge is 0.254 e. The minimum Gasteiger partial charge on any atom is -0.352 e. The predicted octanol–water partition coefficient (Wildman–Crippen LogP) is 2.84. The van der Waals surface area contributed by atoms with Gasteiger partial charge in [-0.3, -0.25) is 4.79 Å². The number of aromatic nitrogens is 3. The Kier molecular flexibility index (Phi) is 6.66. The largest absolute Gasteiger partial charge is 0.352 e. The number of nitrogens with zero attached hydrogens (tertiary/aromatic N) is 3. The number of carbonyl (C=O) groups is 1. The fourth-order valence-electron chi connectivity index (χ4n) is 4.85. The molecule has 1 fully saturated rings. The fourth-order valence-corrected chi connectivity index (χ4v) is 4.85. The molecule has 2 N–H and O–H groups in total. The van der Waals surface area contributed by atoms with Gasteiger partial charge in [0.1, 0.15) is 0 Å². The highest BCUT2D eigenvalue weighted by molar-refractivity contribution is 5.95. The van der Waals surface area contributed by atoms with Crippen LogP contribution in [0.4, 0.5) is 0 Å². The zero-order valence-electron chi connectivity index (χ0n) is 18.9. The van der Waals surface area contributed by atoms with E-state index in [-0.39, 0.29) is 5.91 Å². The second-order valence-corrected chi connectivity index (χ2v) is 8.70. The van der Waals surface area contributed by atoms with E-state index in [9.17, 15) is 4.79 Å². The first kappa shape index (κ1) is 21.5. The van der Waals surface area contributed by atoms with Crippen LogP contribution in [-0.2, 0) is 6.42 Å². The molecule has 0 saturated carbocycles. The lowest BCUT2D eigenvalue weighted by Crippen LogP contribution is -3.16. The summed E-state index contributed by atoms with van der Waals surface area (Å²) in [6.45, 7) is 9.49. The summed E-state index contributed by atoms with van der Waals surface area (Å²) < 4.78 is 1.85. The summed E-state index contributed by atoms with van der Waals surface area (Å²) in [7, 11) is 0. The third-order valence-corrected chi connectivity index (χ3v) is 6.60. The molecule has 2 aromatic heterocycles. The quantitative estimate of drug-likeness (QED) is 0.578. The van der Waals surface area contributed by atoms with Crippen molar-refractivity contribution < 1.29 is 9.69 Å². The molecule has 0 aliphatic carbocycles. The molecule has 0 radical (unpaired) electrons. The van der Waals surface area contributed by atoms with Crippen LogP contribution in [0.25, 0.3) is 16.8 Å². The minimum absolute atomic E-state index is 0.0534. The van der Waals surface area contributed by atoms with Crippen molar-refractivity contribution in [1.29, 1.82) is 0 Å². The van der Waals surface area contributed by atoms with Gasteiger partial charge < -0.3 is 10.2 Å². The maximum atomic E-state index is 12.9. The maximum Gasteiger partial charge on any atom is 0.254 e. The lowest BCUT2D eigenvalue weighted by molar-refractivity contribution is -0.928. The summed E-state index contributed by atoms with van der Waals surface area (Å²) in [5.41, 5.74) is 5.38. The van der Waals surface area contributed by atoms with Gasteiger partial charge in [-0.15, -0.1) is 0 Å². The number of nitrogens with one attached hydrogen (secondary N) is 2. The molecule has 1 unspecified atom stereocenters. The number of hydrogen-bond donors (Lipinski definition) is 2. The van der Waals surface area contributed by atoms with Crippen molar-refractivity contribution in [3.63, 3.8) is 0 Å². The zero-order valence-corrected chi connectivity index (χ0v) is 18.9. The molecule has 0 spiro atoms. The van der Waals surface area contributed by atoms with Gasteiger partial charge in [0.2, 0.25) is 0 Å². The number of carbonyl (C=O) groups excluding carboxylic acids is 1. The number of aryl methyl sites for hydroxylation is 2. The number of fused-ring (bicyclic) bond motifs is 1. The van der Waals surface area contributed by atoms with Crippen LogP contribution in [0.15, 0.2) is 36.5 Å². The van der Waals surface area contributed by atoms with Gasteiger partial charge >= 0.3 is 0 Å². The van der Waals surface area contributed by atoms with Crippen molar-refractivity contribution in [1.82, 2.24) is 19.9 Å². The summed E-state index contributed by atoms with van der Waals surface area (Å²) in [5.74, 6) is -0.0534. The lowest BCUT2D eigenvalue weighted by Gasteiger charge is -2.30. The summed E-state index contributed by atoms with van der Waals surface area (Å²) in [6, 6.07) is 10.9. The van der Waals surface area contributed by atoms with Crippen LogP contribution < -0.4 is 10.2 Å². The van der Waals surface area contributed by atoms with Gasteiger partial charge in [0, 0.05) is 24.7 Å². The third kappa shape index (κ3) is 4.49. The molecule has 0 bridgehead atoms. The van der Waals surface area contributed by atoms with Crippen molar-refractivity contribution in [2.75, 3.05) is 19.6 Å². The molecule has 1 amide bonds. The van der Waals surface area contributed by atoms with Gasteiger partial charge in [0.25, 0.3) is 5.91 Å². The summed E-state index contributed by atoms with van der Waals surface area (Å²) >= 11 is 0. The van der Waals surface area contributed by atoms with Crippen LogP contribution in [0, 0.1) is 6.92 Å². The average molecular weight is 421 g/mol. The number of rotatable bonds is 7. The summed E-state index contributed by atoms with van der Waals surface area (Å²) in [4.78, 5) is 19.3. The van der Waals surface area contributed by atoms with Crippen molar-refractivity contribution in [2.24, 2.45) is 0 Å². The molecule has 4 rings (SSSR count). The first-order valence-electron chi connectivity index (χ1n) is 11.7. The molecule has 31 heavy (non-hydrogen) atoms. The van der Waals surface area contributed by atoms with E-state index in [1.54, 1.807) is 11.1 Å². The van der Waals surface area contributed by atoms with Crippen LogP contribution in [0.1, 0.15) is 61.3 Å². The van der Waals surface area contributed by atoms with Crippen molar-refractivity contribution >= 4 is 11.6 Å². The van der Waals surface area contributed by atoms with Crippen LogP contribution in [0.5, 0.6) is 0 Å². The second-order valence-electron chi connectivity index (χ2n) is 8.70. The van der Waals surface area contributed by atoms with E-state index >= 15 is 0 Å². The highest BCUT2D eigenvalue weighted by Gasteiger charge is 2.22. The predicted molar refractivity (Wildman–Crippen MR) is 123 cm³/mol. The van der Waals surface area contributed by atoms with Crippen molar-refractivity contribution in [3.05, 3.63) is 53.5 Å².